The zero-order valence-corrected chi connectivity index (χ0v) is 11.4. The number of nitrogens with zero attached hydrogens (tertiary/aromatic N) is 1. The molecule has 18 heavy (non-hydrogen) atoms. The first-order valence-corrected chi connectivity index (χ1v) is 6.26. The summed E-state index contributed by atoms with van der Waals surface area (Å²) in [7, 11) is 0. The first-order valence-electron chi connectivity index (χ1n) is 6.26. The molecule has 1 rings (SSSR count). The van der Waals surface area contributed by atoms with Crippen LogP contribution in [0.15, 0.2) is 11.7 Å². The fourth-order valence-electron chi connectivity index (χ4n) is 2.04. The fraction of sp³-hybridized carbons (Fsp3) is 0.769. The second-order valence-corrected chi connectivity index (χ2v) is 5.57. The van der Waals surface area contributed by atoms with Gasteiger partial charge in [0.05, 0.1) is 0 Å². The highest BCUT2D eigenvalue weighted by atomic mass is 19.3. The molecule has 1 aliphatic rings. The Labute approximate surface area is 107 Å². The van der Waals surface area contributed by atoms with Crippen molar-refractivity contribution in [1.82, 2.24) is 4.90 Å². The molecule has 0 spiro atoms. The molecule has 0 N–H and O–H groups in total. The van der Waals surface area contributed by atoms with Crippen molar-refractivity contribution in [2.24, 2.45) is 5.92 Å². The van der Waals surface area contributed by atoms with Crippen LogP contribution in [0.3, 0.4) is 0 Å². The molecule has 104 valence electrons. The number of rotatable bonds is 1. The van der Waals surface area contributed by atoms with Gasteiger partial charge in [-0.25, -0.2) is 4.79 Å². The maximum Gasteiger partial charge on any atom is 0.410 e. The van der Waals surface area contributed by atoms with Gasteiger partial charge in [-0.05, 0) is 33.6 Å². The minimum absolute atomic E-state index is 0.192. The van der Waals surface area contributed by atoms with Crippen LogP contribution >= 0.6 is 0 Å². The van der Waals surface area contributed by atoms with Gasteiger partial charge in [-0.15, -0.1) is 0 Å². The van der Waals surface area contributed by atoms with Crippen molar-refractivity contribution in [2.45, 2.75) is 46.1 Å². The van der Waals surface area contributed by atoms with Crippen LogP contribution in [0.1, 0.15) is 40.5 Å². The summed E-state index contributed by atoms with van der Waals surface area (Å²) in [6, 6.07) is 0. The largest absolute Gasteiger partial charge is 0.444 e. The zero-order valence-electron chi connectivity index (χ0n) is 11.4. The van der Waals surface area contributed by atoms with Gasteiger partial charge in [0.25, 0.3) is 6.08 Å². The van der Waals surface area contributed by atoms with Crippen LogP contribution in [-0.2, 0) is 4.74 Å². The number of hydrogen-bond donors (Lipinski definition) is 0. The Morgan fingerprint density at radius 1 is 1.44 bits per heavy atom. The minimum atomic E-state index is -1.59. The van der Waals surface area contributed by atoms with Crippen LogP contribution in [-0.4, -0.2) is 29.7 Å². The van der Waals surface area contributed by atoms with Gasteiger partial charge in [-0.3, -0.25) is 0 Å². The van der Waals surface area contributed by atoms with Crippen molar-refractivity contribution in [3.8, 4) is 0 Å². The normalized spacial score (nSPS) is 20.9. The van der Waals surface area contributed by atoms with E-state index in [1.807, 2.05) is 6.92 Å². The third-order valence-corrected chi connectivity index (χ3v) is 2.97. The molecule has 1 amide bonds. The monoisotopic (exact) mass is 261 g/mol. The summed E-state index contributed by atoms with van der Waals surface area (Å²) in [6.07, 6.45) is -1.17. The average molecular weight is 261 g/mol. The molecule has 0 saturated carbocycles. The lowest BCUT2D eigenvalue weighted by Gasteiger charge is -2.34. The van der Waals surface area contributed by atoms with Gasteiger partial charge >= 0.3 is 6.09 Å². The molecule has 1 heterocycles. The molecular weight excluding hydrogens is 240 g/mol. The molecule has 0 aromatic carbocycles. The fourth-order valence-corrected chi connectivity index (χ4v) is 2.04. The third-order valence-electron chi connectivity index (χ3n) is 2.97. The number of piperidine rings is 1. The van der Waals surface area contributed by atoms with Gasteiger partial charge in [0.15, 0.2) is 0 Å². The molecule has 1 aliphatic heterocycles. The summed E-state index contributed by atoms with van der Waals surface area (Å²) < 4.78 is 30.7. The lowest BCUT2D eigenvalue weighted by molar-refractivity contribution is 0.0197. The molecule has 1 saturated heterocycles. The molecule has 0 radical (unpaired) electrons. The predicted octanol–water partition coefficient (Wildman–Crippen LogP) is 3.80. The van der Waals surface area contributed by atoms with E-state index >= 15 is 0 Å². The minimum Gasteiger partial charge on any atom is -0.444 e. The smallest absolute Gasteiger partial charge is 0.410 e. The van der Waals surface area contributed by atoms with E-state index in [1.54, 1.807) is 20.8 Å². The quantitative estimate of drug-likeness (QED) is 0.718. The van der Waals surface area contributed by atoms with Crippen LogP contribution in [0.25, 0.3) is 0 Å². The maximum atomic E-state index is 12.7. The lowest BCUT2D eigenvalue weighted by atomic mass is 9.90. The van der Waals surface area contributed by atoms with Crippen LogP contribution in [0, 0.1) is 5.92 Å². The van der Waals surface area contributed by atoms with E-state index in [-0.39, 0.29) is 17.9 Å². The van der Waals surface area contributed by atoms with Gasteiger partial charge in [-0.2, -0.15) is 8.78 Å². The van der Waals surface area contributed by atoms with Gasteiger partial charge in [0.2, 0.25) is 0 Å². The number of carbonyl (C=O) groups is 1. The summed E-state index contributed by atoms with van der Waals surface area (Å²) >= 11 is 0. The SMILES string of the molecule is CCC1CN(C(=O)OC(C)(C)C)CCC1=C(F)F. The maximum absolute atomic E-state index is 12.7. The van der Waals surface area contributed by atoms with E-state index in [2.05, 4.69) is 0 Å². The van der Waals surface area contributed by atoms with Crippen molar-refractivity contribution in [3.05, 3.63) is 11.7 Å². The number of amides is 1. The highest BCUT2D eigenvalue weighted by Gasteiger charge is 2.31. The number of hydrogen-bond acceptors (Lipinski definition) is 2. The van der Waals surface area contributed by atoms with Gasteiger partial charge in [0, 0.05) is 24.6 Å². The predicted molar refractivity (Wildman–Crippen MR) is 65.4 cm³/mol. The van der Waals surface area contributed by atoms with Gasteiger partial charge < -0.3 is 9.64 Å². The van der Waals surface area contributed by atoms with Crippen molar-refractivity contribution in [3.63, 3.8) is 0 Å². The molecule has 3 nitrogen and oxygen atoms in total. The van der Waals surface area contributed by atoms with Gasteiger partial charge in [0.1, 0.15) is 5.60 Å². The van der Waals surface area contributed by atoms with E-state index in [0.29, 0.717) is 19.5 Å². The summed E-state index contributed by atoms with van der Waals surface area (Å²) in [5.74, 6) is -0.253. The van der Waals surface area contributed by atoms with E-state index in [9.17, 15) is 13.6 Å². The van der Waals surface area contributed by atoms with Crippen molar-refractivity contribution in [1.29, 1.82) is 0 Å². The van der Waals surface area contributed by atoms with Crippen LogP contribution < -0.4 is 0 Å². The summed E-state index contributed by atoms with van der Waals surface area (Å²) in [4.78, 5) is 13.4. The third kappa shape index (κ3) is 3.96. The van der Waals surface area contributed by atoms with Crippen LogP contribution in [0.2, 0.25) is 0 Å². The zero-order chi connectivity index (χ0) is 13.9. The van der Waals surface area contributed by atoms with Crippen molar-refractivity contribution in [2.75, 3.05) is 13.1 Å². The summed E-state index contributed by atoms with van der Waals surface area (Å²) in [5, 5.41) is 0. The average Bonchev–Trinajstić information content (AvgIpc) is 2.25. The van der Waals surface area contributed by atoms with Gasteiger partial charge in [-0.1, -0.05) is 6.92 Å². The molecule has 5 heteroatoms. The number of likely N-dealkylation sites (tertiary alicyclic amines) is 1. The molecule has 1 unspecified atom stereocenters. The van der Waals surface area contributed by atoms with Crippen LogP contribution in [0.4, 0.5) is 13.6 Å². The Morgan fingerprint density at radius 3 is 2.50 bits per heavy atom. The van der Waals surface area contributed by atoms with E-state index in [0.717, 1.165) is 0 Å². The second kappa shape index (κ2) is 5.67. The molecule has 0 aromatic heterocycles. The molecule has 0 aromatic rings. The second-order valence-electron chi connectivity index (χ2n) is 5.57. The lowest BCUT2D eigenvalue weighted by Crippen LogP contribution is -2.43. The Bertz CT molecular complexity index is 343. The number of ether oxygens (including phenoxy) is 1. The molecule has 1 atom stereocenters. The topological polar surface area (TPSA) is 29.5 Å². The van der Waals surface area contributed by atoms with E-state index < -0.39 is 17.8 Å². The highest BCUT2D eigenvalue weighted by Crippen LogP contribution is 2.30. The Hall–Kier alpha value is -1.13. The Morgan fingerprint density at radius 2 is 2.06 bits per heavy atom. The first kappa shape index (κ1) is 14.9. The highest BCUT2D eigenvalue weighted by molar-refractivity contribution is 5.68. The Balaban J connectivity index is 2.69. The summed E-state index contributed by atoms with van der Waals surface area (Å²) in [5.41, 5.74) is -0.363. The standard InChI is InChI=1S/C13H21F2NO2/c1-5-9-8-16(7-6-10(9)11(14)15)12(17)18-13(2,3)4/h9H,5-8H2,1-4H3. The molecule has 0 bridgehead atoms. The molecule has 0 aliphatic carbocycles. The first-order chi connectivity index (χ1) is 8.24. The number of carbonyl (C=O) groups excluding carboxylic acids is 1. The Kier molecular flexibility index (Phi) is 4.71. The van der Waals surface area contributed by atoms with Crippen molar-refractivity contribution >= 4 is 6.09 Å². The number of halogens is 2. The van der Waals surface area contributed by atoms with E-state index in [4.69, 9.17) is 4.74 Å². The summed E-state index contributed by atoms with van der Waals surface area (Å²) in [6.45, 7) is 7.85. The van der Waals surface area contributed by atoms with Crippen molar-refractivity contribution < 1.29 is 18.3 Å². The molecular formula is C13H21F2NO2. The van der Waals surface area contributed by atoms with E-state index in [1.165, 1.54) is 4.90 Å². The molecule has 1 fully saturated rings. The van der Waals surface area contributed by atoms with Crippen LogP contribution in [0.5, 0.6) is 0 Å².